The van der Waals surface area contributed by atoms with Crippen LogP contribution in [-0.4, -0.2) is 13.2 Å². The smallest absolute Gasteiger partial charge is 0.310 e. The van der Waals surface area contributed by atoms with Gasteiger partial charge >= 0.3 is 8.25 Å². The number of hydrogen-bond acceptors (Lipinski definition) is 3. The van der Waals surface area contributed by atoms with Crippen LogP contribution in [0.2, 0.25) is 0 Å². The van der Waals surface area contributed by atoms with Crippen molar-refractivity contribution < 1.29 is 13.6 Å². The highest BCUT2D eigenvalue weighted by Crippen LogP contribution is 2.23. The molecule has 18 heavy (non-hydrogen) atoms. The molecule has 0 aliphatic rings. The van der Waals surface area contributed by atoms with E-state index in [1.807, 2.05) is 24.3 Å². The van der Waals surface area contributed by atoms with Gasteiger partial charge in [0.2, 0.25) is 0 Å². The fourth-order valence-corrected chi connectivity index (χ4v) is 1.65. The minimum absolute atomic E-state index is 0.381. The molecule has 0 aliphatic heterocycles. The van der Waals surface area contributed by atoms with E-state index in [1.54, 1.807) is 0 Å². The summed E-state index contributed by atoms with van der Waals surface area (Å²) >= 11 is 0. The lowest BCUT2D eigenvalue weighted by Gasteiger charge is -2.02. The van der Waals surface area contributed by atoms with E-state index in [4.69, 9.17) is 21.9 Å². The van der Waals surface area contributed by atoms with E-state index in [0.717, 1.165) is 0 Å². The van der Waals surface area contributed by atoms with Gasteiger partial charge in [-0.2, -0.15) is 0 Å². The van der Waals surface area contributed by atoms with Crippen LogP contribution in [0.5, 0.6) is 0 Å². The molecule has 0 aromatic heterocycles. The Labute approximate surface area is 110 Å². The molecule has 0 rings (SSSR count). The van der Waals surface area contributed by atoms with Gasteiger partial charge in [-0.05, 0) is 12.8 Å². The largest absolute Gasteiger partial charge is 0.319 e. The van der Waals surface area contributed by atoms with Crippen molar-refractivity contribution in [2.24, 2.45) is 0 Å². The second-order valence-corrected chi connectivity index (χ2v) is 4.36. The van der Waals surface area contributed by atoms with Crippen molar-refractivity contribution in [3.05, 3.63) is 24.3 Å². The first-order valence-corrected chi connectivity index (χ1v) is 7.00. The molecule has 0 spiro atoms. The van der Waals surface area contributed by atoms with Crippen molar-refractivity contribution in [1.29, 1.82) is 0 Å². The molecule has 0 aliphatic carbocycles. The molecule has 0 atom stereocenters. The lowest BCUT2D eigenvalue weighted by molar-refractivity contribution is 0.231. The van der Waals surface area contributed by atoms with E-state index in [-0.39, 0.29) is 0 Å². The van der Waals surface area contributed by atoms with Crippen LogP contribution in [0, 0.1) is 24.7 Å². The Kier molecular flexibility index (Phi) is 12.9. The first-order chi connectivity index (χ1) is 8.81. The molecule has 0 saturated heterocycles. The Balaban J connectivity index is 3.39. The Morgan fingerprint density at radius 3 is 1.72 bits per heavy atom. The van der Waals surface area contributed by atoms with Crippen molar-refractivity contribution in [2.45, 2.75) is 25.7 Å². The second kappa shape index (κ2) is 13.8. The van der Waals surface area contributed by atoms with Gasteiger partial charge in [0.1, 0.15) is 0 Å². The van der Waals surface area contributed by atoms with Gasteiger partial charge in [-0.3, -0.25) is 4.57 Å². The monoisotopic (exact) mass is 266 g/mol. The van der Waals surface area contributed by atoms with Gasteiger partial charge in [0.15, 0.2) is 0 Å². The minimum Gasteiger partial charge on any atom is -0.310 e. The number of terminal acetylenes is 2. The minimum atomic E-state index is -2.37. The fraction of sp³-hybridized carbons (Fsp3) is 0.429. The summed E-state index contributed by atoms with van der Waals surface area (Å²) in [6.07, 6.45) is 20.3. The summed E-state index contributed by atoms with van der Waals surface area (Å²) in [7, 11) is -2.37. The molecular weight excluding hydrogens is 247 g/mol. The Morgan fingerprint density at radius 2 is 1.33 bits per heavy atom. The maximum Gasteiger partial charge on any atom is 0.319 e. The van der Waals surface area contributed by atoms with Crippen molar-refractivity contribution in [2.75, 3.05) is 13.2 Å². The standard InChI is InChI=1S/C14H19O3P/c1-3-5-7-9-11-13-16-18(15)17-14-12-10-8-6-4-2/h1-2,7-10,18H,5-6,11-14H2. The molecule has 0 amide bonds. The summed E-state index contributed by atoms with van der Waals surface area (Å²) in [6.45, 7) is 0.762. The van der Waals surface area contributed by atoms with E-state index in [2.05, 4.69) is 11.8 Å². The Hall–Kier alpha value is -1.25. The van der Waals surface area contributed by atoms with Crippen LogP contribution >= 0.6 is 8.25 Å². The van der Waals surface area contributed by atoms with Crippen LogP contribution in [0.4, 0.5) is 0 Å². The lowest BCUT2D eigenvalue weighted by atomic mass is 10.3. The maximum absolute atomic E-state index is 11.2. The van der Waals surface area contributed by atoms with Gasteiger partial charge in [0, 0.05) is 12.8 Å². The highest BCUT2D eigenvalue weighted by molar-refractivity contribution is 7.33. The zero-order valence-electron chi connectivity index (χ0n) is 10.4. The lowest BCUT2D eigenvalue weighted by Crippen LogP contribution is -1.89. The summed E-state index contributed by atoms with van der Waals surface area (Å²) in [5.74, 6) is 4.98. The molecule has 0 heterocycles. The molecule has 3 nitrogen and oxygen atoms in total. The van der Waals surface area contributed by atoms with Crippen molar-refractivity contribution in [1.82, 2.24) is 0 Å². The first kappa shape index (κ1) is 16.8. The number of hydrogen-bond donors (Lipinski definition) is 0. The molecule has 0 aromatic rings. The van der Waals surface area contributed by atoms with Crippen molar-refractivity contribution in [3.8, 4) is 24.7 Å². The molecule has 0 fully saturated rings. The number of rotatable bonds is 10. The fourth-order valence-electron chi connectivity index (χ4n) is 1.00. The van der Waals surface area contributed by atoms with E-state index in [0.29, 0.717) is 38.9 Å². The van der Waals surface area contributed by atoms with Gasteiger partial charge in [-0.1, -0.05) is 24.3 Å². The van der Waals surface area contributed by atoms with E-state index in [1.165, 1.54) is 0 Å². The maximum atomic E-state index is 11.2. The molecule has 0 radical (unpaired) electrons. The van der Waals surface area contributed by atoms with E-state index in [9.17, 15) is 4.57 Å². The van der Waals surface area contributed by atoms with Gasteiger partial charge in [0.25, 0.3) is 0 Å². The van der Waals surface area contributed by atoms with Crippen LogP contribution < -0.4 is 0 Å². The molecule has 98 valence electrons. The highest BCUT2D eigenvalue weighted by atomic mass is 31.1. The quantitative estimate of drug-likeness (QED) is 0.263. The molecule has 0 saturated carbocycles. The number of allylic oxidation sites excluding steroid dienone is 2. The Bertz CT molecular complexity index is 324. The van der Waals surface area contributed by atoms with Gasteiger partial charge < -0.3 is 9.05 Å². The summed E-state index contributed by atoms with van der Waals surface area (Å²) in [5, 5.41) is 0. The second-order valence-electron chi connectivity index (χ2n) is 3.28. The zero-order valence-corrected chi connectivity index (χ0v) is 11.4. The van der Waals surface area contributed by atoms with Crippen LogP contribution in [0.1, 0.15) is 25.7 Å². The topological polar surface area (TPSA) is 35.5 Å². The van der Waals surface area contributed by atoms with Crippen molar-refractivity contribution in [3.63, 3.8) is 0 Å². The normalized spacial score (nSPS) is 12.6. The third kappa shape index (κ3) is 12.8. The van der Waals surface area contributed by atoms with Crippen molar-refractivity contribution >= 4 is 8.25 Å². The summed E-state index contributed by atoms with van der Waals surface area (Å²) in [4.78, 5) is 0. The molecule has 0 bridgehead atoms. The predicted molar refractivity (Wildman–Crippen MR) is 75.3 cm³/mol. The average molecular weight is 266 g/mol. The third-order valence-corrected chi connectivity index (χ3v) is 2.69. The average Bonchev–Trinajstić information content (AvgIpc) is 2.38. The SMILES string of the molecule is C#CCC=CCCO[PH](=O)OCCC=CCC#C. The molecule has 0 unspecified atom stereocenters. The molecule has 4 heteroatoms. The summed E-state index contributed by atoms with van der Waals surface area (Å²) in [6, 6.07) is 0. The van der Waals surface area contributed by atoms with E-state index < -0.39 is 8.25 Å². The zero-order chi connectivity index (χ0) is 13.5. The van der Waals surface area contributed by atoms with Gasteiger partial charge in [0.05, 0.1) is 13.2 Å². The van der Waals surface area contributed by atoms with E-state index >= 15 is 0 Å². The van der Waals surface area contributed by atoms with Crippen LogP contribution in [0.25, 0.3) is 0 Å². The first-order valence-electron chi connectivity index (χ1n) is 5.77. The van der Waals surface area contributed by atoms with Crippen LogP contribution in [-0.2, 0) is 13.6 Å². The summed E-state index contributed by atoms with van der Waals surface area (Å²) < 4.78 is 21.3. The molecular formula is C14H19O3P. The Morgan fingerprint density at radius 1 is 0.889 bits per heavy atom. The predicted octanol–water partition coefficient (Wildman–Crippen LogP) is 3.35. The third-order valence-electron chi connectivity index (χ3n) is 1.81. The molecule has 0 aromatic carbocycles. The van der Waals surface area contributed by atoms with Gasteiger partial charge in [-0.15, -0.1) is 24.7 Å². The summed E-state index contributed by atoms with van der Waals surface area (Å²) in [5.41, 5.74) is 0. The van der Waals surface area contributed by atoms with Gasteiger partial charge in [-0.25, -0.2) is 0 Å². The highest BCUT2D eigenvalue weighted by Gasteiger charge is 1.97. The van der Waals surface area contributed by atoms with Crippen LogP contribution in [0.15, 0.2) is 24.3 Å². The van der Waals surface area contributed by atoms with Crippen LogP contribution in [0.3, 0.4) is 0 Å². The molecule has 0 N–H and O–H groups in total.